The summed E-state index contributed by atoms with van der Waals surface area (Å²) in [5.41, 5.74) is -0.550. The van der Waals surface area contributed by atoms with Gasteiger partial charge in [0.2, 0.25) is 0 Å². The Balaban J connectivity index is 2.00. The zero-order valence-corrected chi connectivity index (χ0v) is 19.5. The number of para-hydroxylation sites is 1. The standard InChI is InChI=1S/C26H28N2O6/c1-4-5-14-27-20-9-7-6-8-19(20)26(25(27)32)21(23(30)24(31)28(26)15-16-33-2)22(29)17-10-12-18(34-3)13-11-17/h6-13,29H,4-5,14-16H2,1-3H3/b22-21+. The summed E-state index contributed by atoms with van der Waals surface area (Å²) >= 11 is 0. The van der Waals surface area contributed by atoms with Gasteiger partial charge in [0.05, 0.1) is 25.0 Å². The number of ketones is 1. The van der Waals surface area contributed by atoms with Crippen LogP contribution in [0.4, 0.5) is 5.69 Å². The van der Waals surface area contributed by atoms with Gasteiger partial charge in [-0.1, -0.05) is 31.5 Å². The fourth-order valence-electron chi connectivity index (χ4n) is 4.78. The number of aliphatic hydroxyl groups excluding tert-OH is 1. The van der Waals surface area contributed by atoms with Crippen LogP contribution in [0.1, 0.15) is 30.9 Å². The Labute approximate surface area is 198 Å². The van der Waals surface area contributed by atoms with Crippen LogP contribution in [0.5, 0.6) is 5.75 Å². The molecule has 1 fully saturated rings. The van der Waals surface area contributed by atoms with Gasteiger partial charge in [0.15, 0.2) is 5.54 Å². The summed E-state index contributed by atoms with van der Waals surface area (Å²) in [4.78, 5) is 43.7. The summed E-state index contributed by atoms with van der Waals surface area (Å²) in [5.74, 6) is -1.99. The van der Waals surface area contributed by atoms with Crippen LogP contribution in [0.2, 0.25) is 0 Å². The lowest BCUT2D eigenvalue weighted by molar-refractivity contribution is -0.144. The quantitative estimate of drug-likeness (QED) is 0.366. The van der Waals surface area contributed by atoms with Crippen molar-refractivity contribution in [2.45, 2.75) is 25.3 Å². The van der Waals surface area contributed by atoms with E-state index in [9.17, 15) is 19.5 Å². The van der Waals surface area contributed by atoms with E-state index in [1.54, 1.807) is 41.3 Å². The fraction of sp³-hybridized carbons (Fsp3) is 0.346. The highest BCUT2D eigenvalue weighted by Crippen LogP contribution is 2.53. The minimum Gasteiger partial charge on any atom is -0.507 e. The van der Waals surface area contributed by atoms with Crippen LogP contribution < -0.4 is 9.64 Å². The molecular formula is C26H28N2O6. The molecule has 4 rings (SSSR count). The van der Waals surface area contributed by atoms with E-state index in [2.05, 4.69) is 0 Å². The van der Waals surface area contributed by atoms with Crippen LogP contribution in [0, 0.1) is 0 Å². The average Bonchev–Trinajstić information content (AvgIpc) is 3.24. The van der Waals surface area contributed by atoms with Crippen LogP contribution in [0.25, 0.3) is 5.76 Å². The van der Waals surface area contributed by atoms with Crippen LogP contribution in [0.3, 0.4) is 0 Å². The van der Waals surface area contributed by atoms with E-state index in [1.807, 2.05) is 19.1 Å². The molecular weight excluding hydrogens is 436 g/mol. The molecule has 0 aliphatic carbocycles. The van der Waals surface area contributed by atoms with E-state index in [4.69, 9.17) is 9.47 Å². The van der Waals surface area contributed by atoms with Gasteiger partial charge in [-0.25, -0.2) is 0 Å². The minimum atomic E-state index is -1.76. The number of fused-ring (bicyclic) bond motifs is 2. The number of methoxy groups -OCH3 is 2. The second-order valence-electron chi connectivity index (χ2n) is 8.27. The first-order chi connectivity index (χ1) is 16.4. The topological polar surface area (TPSA) is 96.4 Å². The van der Waals surface area contributed by atoms with Crippen LogP contribution >= 0.6 is 0 Å². The van der Waals surface area contributed by atoms with Crippen molar-refractivity contribution in [3.63, 3.8) is 0 Å². The molecule has 8 nitrogen and oxygen atoms in total. The third-order valence-electron chi connectivity index (χ3n) is 6.43. The molecule has 1 atom stereocenters. The Morgan fingerprint density at radius 3 is 2.35 bits per heavy atom. The number of carbonyl (C=O) groups excluding carboxylic acids is 3. The van der Waals surface area contributed by atoms with Gasteiger partial charge < -0.3 is 24.4 Å². The zero-order chi connectivity index (χ0) is 24.5. The highest BCUT2D eigenvalue weighted by atomic mass is 16.5. The highest BCUT2D eigenvalue weighted by Gasteiger charge is 2.66. The van der Waals surface area contributed by atoms with E-state index in [1.165, 1.54) is 19.1 Å². The molecule has 8 heteroatoms. The number of rotatable bonds is 8. The molecule has 0 aromatic heterocycles. The van der Waals surface area contributed by atoms with Gasteiger partial charge in [-0.2, -0.15) is 0 Å². The molecule has 0 radical (unpaired) electrons. The number of ether oxygens (including phenoxy) is 2. The molecule has 2 aliphatic rings. The molecule has 2 aromatic carbocycles. The molecule has 0 saturated carbocycles. The Hall–Kier alpha value is -3.65. The molecule has 2 aromatic rings. The van der Waals surface area contributed by atoms with Crippen molar-refractivity contribution in [2.24, 2.45) is 0 Å². The number of hydrogen-bond donors (Lipinski definition) is 1. The summed E-state index contributed by atoms with van der Waals surface area (Å²) in [6.45, 7) is 2.60. The second-order valence-corrected chi connectivity index (χ2v) is 8.27. The van der Waals surface area contributed by atoms with Crippen LogP contribution in [-0.4, -0.2) is 61.5 Å². The maximum atomic E-state index is 14.2. The van der Waals surface area contributed by atoms with E-state index >= 15 is 0 Å². The number of nitrogens with zero attached hydrogens (tertiary/aromatic N) is 2. The van der Waals surface area contributed by atoms with E-state index < -0.39 is 28.9 Å². The maximum Gasteiger partial charge on any atom is 0.296 e. The van der Waals surface area contributed by atoms with E-state index in [0.717, 1.165) is 12.8 Å². The fourth-order valence-corrected chi connectivity index (χ4v) is 4.78. The lowest BCUT2D eigenvalue weighted by atomic mass is 9.82. The number of likely N-dealkylation sites (tertiary alicyclic amines) is 1. The van der Waals surface area contributed by atoms with Crippen molar-refractivity contribution >= 4 is 29.0 Å². The smallest absolute Gasteiger partial charge is 0.296 e. The molecule has 0 bridgehead atoms. The van der Waals surface area contributed by atoms with Gasteiger partial charge in [0, 0.05) is 31.3 Å². The van der Waals surface area contributed by atoms with Crippen molar-refractivity contribution in [1.29, 1.82) is 0 Å². The molecule has 178 valence electrons. The van der Waals surface area contributed by atoms with Crippen LogP contribution in [-0.2, 0) is 24.7 Å². The first-order valence-corrected chi connectivity index (χ1v) is 11.3. The molecule has 34 heavy (non-hydrogen) atoms. The van der Waals surface area contributed by atoms with E-state index in [-0.39, 0.29) is 18.7 Å². The number of aliphatic hydroxyl groups is 1. The van der Waals surface area contributed by atoms with Gasteiger partial charge in [0.25, 0.3) is 17.6 Å². The van der Waals surface area contributed by atoms with Crippen molar-refractivity contribution in [3.8, 4) is 5.75 Å². The molecule has 2 amide bonds. The summed E-state index contributed by atoms with van der Waals surface area (Å²) in [7, 11) is 3.01. The van der Waals surface area contributed by atoms with Gasteiger partial charge >= 0.3 is 0 Å². The second kappa shape index (κ2) is 9.30. The lowest BCUT2D eigenvalue weighted by Gasteiger charge is -2.34. The molecule has 2 aliphatic heterocycles. The number of carbonyl (C=O) groups is 3. The normalized spacial score (nSPS) is 21.0. The van der Waals surface area contributed by atoms with Crippen molar-refractivity contribution < 1.29 is 29.0 Å². The Morgan fingerprint density at radius 2 is 1.71 bits per heavy atom. The zero-order valence-electron chi connectivity index (χ0n) is 19.5. The number of Topliss-reactive ketones (excluding diaryl/α,β-unsaturated/α-hetero) is 1. The monoisotopic (exact) mass is 464 g/mol. The predicted octanol–water partition coefficient (Wildman–Crippen LogP) is 3.06. The van der Waals surface area contributed by atoms with Crippen LogP contribution in [0.15, 0.2) is 54.1 Å². The summed E-state index contributed by atoms with van der Waals surface area (Å²) in [5, 5.41) is 11.4. The average molecular weight is 465 g/mol. The number of hydrogen-bond acceptors (Lipinski definition) is 6. The number of amides is 2. The molecule has 1 saturated heterocycles. The molecule has 1 N–H and O–H groups in total. The summed E-state index contributed by atoms with van der Waals surface area (Å²) in [6, 6.07) is 13.6. The minimum absolute atomic E-state index is 0.0160. The Kier molecular flexibility index (Phi) is 6.43. The summed E-state index contributed by atoms with van der Waals surface area (Å²) in [6.07, 6.45) is 1.61. The first kappa shape index (κ1) is 23.5. The third kappa shape index (κ3) is 3.37. The SMILES string of the molecule is CCCCN1C(=O)C2(/C(=C(/O)c3ccc(OC)cc3)C(=O)C(=O)N2CCOC)c2ccccc21. The largest absolute Gasteiger partial charge is 0.507 e. The lowest BCUT2D eigenvalue weighted by Crippen LogP contribution is -2.52. The Bertz CT molecular complexity index is 1160. The number of unbranched alkanes of at least 4 members (excludes halogenated alkanes) is 1. The number of benzene rings is 2. The maximum absolute atomic E-state index is 14.2. The molecule has 2 heterocycles. The Morgan fingerprint density at radius 1 is 1.00 bits per heavy atom. The first-order valence-electron chi connectivity index (χ1n) is 11.3. The number of anilines is 1. The van der Waals surface area contributed by atoms with E-state index in [0.29, 0.717) is 29.1 Å². The molecule has 1 unspecified atom stereocenters. The van der Waals surface area contributed by atoms with Gasteiger partial charge in [-0.15, -0.1) is 0 Å². The van der Waals surface area contributed by atoms with Gasteiger partial charge in [0.1, 0.15) is 11.5 Å². The predicted molar refractivity (Wildman–Crippen MR) is 127 cm³/mol. The van der Waals surface area contributed by atoms with Gasteiger partial charge in [-0.3, -0.25) is 14.4 Å². The van der Waals surface area contributed by atoms with Crippen molar-refractivity contribution in [2.75, 3.05) is 38.8 Å². The van der Waals surface area contributed by atoms with Crippen molar-refractivity contribution in [3.05, 3.63) is 65.2 Å². The third-order valence-corrected chi connectivity index (χ3v) is 6.43. The summed E-state index contributed by atoms with van der Waals surface area (Å²) < 4.78 is 10.4. The molecule has 1 spiro atoms. The highest BCUT2D eigenvalue weighted by molar-refractivity contribution is 6.50. The van der Waals surface area contributed by atoms with Crippen molar-refractivity contribution in [1.82, 2.24) is 4.90 Å². The van der Waals surface area contributed by atoms with Gasteiger partial charge in [-0.05, 0) is 36.8 Å².